The topological polar surface area (TPSA) is 143 Å². The van der Waals surface area contributed by atoms with Crippen molar-refractivity contribution >= 4 is 50.4 Å². The van der Waals surface area contributed by atoms with Gasteiger partial charge in [-0.15, -0.1) is 11.3 Å². The number of anilines is 3. The van der Waals surface area contributed by atoms with Gasteiger partial charge in [-0.25, -0.2) is 13.6 Å². The zero-order chi connectivity index (χ0) is 20.5. The van der Waals surface area contributed by atoms with E-state index in [1.165, 1.54) is 5.38 Å². The number of primary sulfonamides is 1. The lowest BCUT2D eigenvalue weighted by Crippen LogP contribution is -2.11. The molecule has 3 aromatic rings. The molecule has 0 spiro atoms. The van der Waals surface area contributed by atoms with E-state index in [9.17, 15) is 13.5 Å². The smallest absolute Gasteiger partial charge is 0.251 e. The van der Waals surface area contributed by atoms with Crippen molar-refractivity contribution in [2.75, 3.05) is 10.6 Å². The average molecular weight is 444 g/mol. The first-order valence-corrected chi connectivity index (χ1v) is 11.6. The molecule has 0 aliphatic carbocycles. The monoisotopic (exact) mass is 443 g/mol. The van der Waals surface area contributed by atoms with Gasteiger partial charge in [0.1, 0.15) is 5.76 Å². The van der Waals surface area contributed by atoms with Crippen molar-refractivity contribution in [3.63, 3.8) is 0 Å². The number of aromatic nitrogens is 2. The Kier molecular flexibility index (Phi) is 5.93. The van der Waals surface area contributed by atoms with Crippen molar-refractivity contribution in [3.05, 3.63) is 29.0 Å². The molecule has 0 bridgehead atoms. The van der Waals surface area contributed by atoms with Crippen LogP contribution in [-0.2, 0) is 10.0 Å². The molecule has 0 aromatic carbocycles. The van der Waals surface area contributed by atoms with Gasteiger partial charge in [-0.3, -0.25) is 0 Å². The molecule has 1 atom stereocenters. The summed E-state index contributed by atoms with van der Waals surface area (Å²) in [6.45, 7) is 6.21. The Morgan fingerprint density at radius 1 is 1.32 bits per heavy atom. The van der Waals surface area contributed by atoms with Gasteiger partial charge < -0.3 is 20.2 Å². The van der Waals surface area contributed by atoms with Crippen molar-refractivity contribution in [2.24, 2.45) is 5.14 Å². The minimum Gasteiger partial charge on any atom is -0.504 e. The molecular formula is C16H21N5O4S3. The summed E-state index contributed by atoms with van der Waals surface area (Å²) in [5, 5.41) is 22.9. The SMILES string of the molecule is CC[C@@H](Nc1nsnc1Nc1csc(S(N)(=O)=O)c1O)c1cc(C(C)C)co1. The maximum Gasteiger partial charge on any atom is 0.251 e. The number of aromatic hydroxyl groups is 1. The van der Waals surface area contributed by atoms with Crippen molar-refractivity contribution in [1.29, 1.82) is 0 Å². The second kappa shape index (κ2) is 8.07. The van der Waals surface area contributed by atoms with Gasteiger partial charge in [-0.1, -0.05) is 20.8 Å². The predicted octanol–water partition coefficient (Wildman–Crippen LogP) is 3.98. The lowest BCUT2D eigenvalue weighted by molar-refractivity contribution is 0.466. The number of hydrogen-bond acceptors (Lipinski definition) is 10. The molecule has 9 nitrogen and oxygen atoms in total. The number of hydrogen-bond donors (Lipinski definition) is 4. The number of rotatable bonds is 8. The quantitative estimate of drug-likeness (QED) is 0.409. The molecule has 0 amide bonds. The maximum absolute atomic E-state index is 11.5. The lowest BCUT2D eigenvalue weighted by atomic mass is 10.1. The van der Waals surface area contributed by atoms with Crippen LogP contribution in [-0.4, -0.2) is 22.3 Å². The van der Waals surface area contributed by atoms with Crippen LogP contribution in [0.25, 0.3) is 0 Å². The molecule has 0 aliphatic heterocycles. The first kappa shape index (κ1) is 20.6. The fourth-order valence-corrected chi connectivity index (χ4v) is 4.66. The third-order valence-corrected chi connectivity index (χ3v) is 7.09. The van der Waals surface area contributed by atoms with Crippen LogP contribution in [0.3, 0.4) is 0 Å². The van der Waals surface area contributed by atoms with Gasteiger partial charge in [0, 0.05) is 5.38 Å². The largest absolute Gasteiger partial charge is 0.504 e. The third kappa shape index (κ3) is 4.29. The number of furan rings is 1. The summed E-state index contributed by atoms with van der Waals surface area (Å²) in [6, 6.07) is 1.90. The summed E-state index contributed by atoms with van der Waals surface area (Å²) >= 11 is 1.81. The Hall–Kier alpha value is -2.15. The second-order valence-electron chi connectivity index (χ2n) is 6.46. The van der Waals surface area contributed by atoms with Crippen LogP contribution >= 0.6 is 23.1 Å². The molecule has 3 heterocycles. The molecule has 0 radical (unpaired) electrons. The number of nitrogens with one attached hydrogen (secondary N) is 2. The molecular weight excluding hydrogens is 422 g/mol. The van der Waals surface area contributed by atoms with Gasteiger partial charge in [-0.05, 0) is 24.0 Å². The highest BCUT2D eigenvalue weighted by atomic mass is 32.2. The van der Waals surface area contributed by atoms with E-state index in [1.54, 1.807) is 6.26 Å². The molecule has 0 fully saturated rings. The molecule has 3 rings (SSSR count). The van der Waals surface area contributed by atoms with Gasteiger partial charge in [0.15, 0.2) is 21.6 Å². The highest BCUT2D eigenvalue weighted by molar-refractivity contribution is 7.91. The summed E-state index contributed by atoms with van der Waals surface area (Å²) in [5.74, 6) is 1.56. The number of nitrogens with zero attached hydrogens (tertiary/aromatic N) is 2. The Labute approximate surface area is 171 Å². The first-order chi connectivity index (χ1) is 13.2. The molecule has 3 aromatic heterocycles. The van der Waals surface area contributed by atoms with Gasteiger partial charge in [-0.2, -0.15) is 8.75 Å². The molecule has 0 aliphatic rings. The van der Waals surface area contributed by atoms with E-state index in [-0.39, 0.29) is 15.9 Å². The Balaban J connectivity index is 1.80. The fourth-order valence-electron chi connectivity index (χ4n) is 2.51. The van der Waals surface area contributed by atoms with E-state index in [2.05, 4.69) is 33.2 Å². The zero-order valence-electron chi connectivity index (χ0n) is 15.5. The normalized spacial score (nSPS) is 13.0. The molecule has 5 N–H and O–H groups in total. The standard InChI is InChI=1S/C16H21N5O4S3/c1-4-10(12-5-9(6-25-12)8(2)3)18-14-15(21-27-20-14)19-11-7-26-16(13(11)22)28(17,23)24/h5-8,10,22H,4H2,1-3H3,(H,18,20)(H,19,21)(H2,17,23,24)/t10-/m1/s1. The molecule has 0 saturated carbocycles. The van der Waals surface area contributed by atoms with Crippen LogP contribution < -0.4 is 15.8 Å². The molecule has 28 heavy (non-hydrogen) atoms. The summed E-state index contributed by atoms with van der Waals surface area (Å²) < 4.78 is 36.8. The van der Waals surface area contributed by atoms with E-state index in [0.717, 1.165) is 40.8 Å². The third-order valence-electron chi connectivity index (χ3n) is 4.10. The van der Waals surface area contributed by atoms with Gasteiger partial charge in [0.05, 0.1) is 29.7 Å². The van der Waals surface area contributed by atoms with E-state index in [0.29, 0.717) is 17.6 Å². The van der Waals surface area contributed by atoms with Crippen LogP contribution in [0.5, 0.6) is 5.75 Å². The predicted molar refractivity (Wildman–Crippen MR) is 110 cm³/mol. The van der Waals surface area contributed by atoms with Crippen molar-refractivity contribution in [2.45, 2.75) is 43.4 Å². The maximum atomic E-state index is 11.5. The van der Waals surface area contributed by atoms with E-state index >= 15 is 0 Å². The number of nitrogens with two attached hydrogens (primary N) is 1. The van der Waals surface area contributed by atoms with E-state index in [1.807, 2.05) is 13.0 Å². The van der Waals surface area contributed by atoms with Crippen molar-refractivity contribution in [3.8, 4) is 5.75 Å². The summed E-state index contributed by atoms with van der Waals surface area (Å²) in [6.07, 6.45) is 2.50. The molecule has 12 heteroatoms. The molecule has 0 saturated heterocycles. The summed E-state index contributed by atoms with van der Waals surface area (Å²) in [5.41, 5.74) is 1.31. The Morgan fingerprint density at radius 2 is 2.04 bits per heavy atom. The van der Waals surface area contributed by atoms with Crippen LogP contribution in [0.1, 0.15) is 50.5 Å². The van der Waals surface area contributed by atoms with Crippen molar-refractivity contribution in [1.82, 2.24) is 8.75 Å². The van der Waals surface area contributed by atoms with Crippen LogP contribution in [0, 0.1) is 0 Å². The molecule has 152 valence electrons. The highest BCUT2D eigenvalue weighted by Crippen LogP contribution is 2.39. The highest BCUT2D eigenvalue weighted by Gasteiger charge is 2.23. The van der Waals surface area contributed by atoms with Gasteiger partial charge in [0.25, 0.3) is 10.0 Å². The zero-order valence-corrected chi connectivity index (χ0v) is 17.9. The van der Waals surface area contributed by atoms with Crippen LogP contribution in [0.4, 0.5) is 17.3 Å². The second-order valence-corrected chi connectivity index (χ2v) is 9.62. The molecule has 0 unspecified atom stereocenters. The first-order valence-electron chi connectivity index (χ1n) is 8.48. The Bertz CT molecular complexity index is 1050. The van der Waals surface area contributed by atoms with E-state index < -0.39 is 15.8 Å². The number of thiophene rings is 1. The average Bonchev–Trinajstić information content (AvgIpc) is 3.33. The summed E-state index contributed by atoms with van der Waals surface area (Å²) in [7, 11) is -4.00. The van der Waals surface area contributed by atoms with Crippen LogP contribution in [0.15, 0.2) is 26.3 Å². The minimum atomic E-state index is -4.00. The minimum absolute atomic E-state index is 0.118. The van der Waals surface area contributed by atoms with Gasteiger partial charge in [0.2, 0.25) is 0 Å². The number of sulfonamides is 1. The van der Waals surface area contributed by atoms with Gasteiger partial charge >= 0.3 is 0 Å². The lowest BCUT2D eigenvalue weighted by Gasteiger charge is -2.15. The summed E-state index contributed by atoms with van der Waals surface area (Å²) in [4.78, 5) is 0. The Morgan fingerprint density at radius 3 is 2.61 bits per heavy atom. The van der Waals surface area contributed by atoms with Crippen molar-refractivity contribution < 1.29 is 17.9 Å². The van der Waals surface area contributed by atoms with Crippen LogP contribution in [0.2, 0.25) is 0 Å². The fraction of sp³-hybridized carbons (Fsp3) is 0.375. The van der Waals surface area contributed by atoms with E-state index in [4.69, 9.17) is 9.56 Å².